The highest BCUT2D eigenvalue weighted by atomic mass is 16.5. The fraction of sp³-hybridized carbons (Fsp3) is 0.267. The molecule has 1 aromatic carbocycles. The molecule has 0 aliphatic carbocycles. The average Bonchev–Trinajstić information content (AvgIpc) is 3.06. The summed E-state index contributed by atoms with van der Waals surface area (Å²) in [6.07, 6.45) is 0.559. The second-order valence-corrected chi connectivity index (χ2v) is 4.32. The van der Waals surface area contributed by atoms with E-state index >= 15 is 0 Å². The molecule has 0 aliphatic rings. The minimum Gasteiger partial charge on any atom is -0.493 e. The van der Waals surface area contributed by atoms with Gasteiger partial charge in [-0.3, -0.25) is 4.79 Å². The number of furan rings is 1. The van der Waals surface area contributed by atoms with Crippen LogP contribution >= 0.6 is 0 Å². The molecule has 1 atom stereocenters. The Morgan fingerprint density at radius 3 is 2.67 bits per heavy atom. The number of aliphatic hydroxyl groups excluding tert-OH is 1. The number of aliphatic hydroxyl groups is 1. The number of carbonyl (C=O) groups is 1. The SMILES string of the molecule is COc1ccc(C(O)CNC(=O)c2ccco2)cc1OC. The van der Waals surface area contributed by atoms with E-state index in [1.54, 1.807) is 30.3 Å². The monoisotopic (exact) mass is 291 g/mol. The first-order chi connectivity index (χ1) is 10.2. The van der Waals surface area contributed by atoms with E-state index in [0.29, 0.717) is 17.1 Å². The Labute approximate surface area is 122 Å². The molecular formula is C15H17NO5. The highest BCUT2D eigenvalue weighted by molar-refractivity contribution is 5.91. The lowest BCUT2D eigenvalue weighted by Gasteiger charge is -2.14. The van der Waals surface area contributed by atoms with Gasteiger partial charge in [0, 0.05) is 6.54 Å². The molecule has 1 unspecified atom stereocenters. The Bertz CT molecular complexity index is 594. The number of benzene rings is 1. The predicted molar refractivity (Wildman–Crippen MR) is 75.5 cm³/mol. The molecular weight excluding hydrogens is 274 g/mol. The van der Waals surface area contributed by atoms with Crippen LogP contribution in [0.1, 0.15) is 22.2 Å². The molecule has 0 spiro atoms. The number of amides is 1. The van der Waals surface area contributed by atoms with Crippen molar-refractivity contribution in [2.24, 2.45) is 0 Å². The summed E-state index contributed by atoms with van der Waals surface area (Å²) < 4.78 is 15.3. The maximum atomic E-state index is 11.7. The summed E-state index contributed by atoms with van der Waals surface area (Å²) in [7, 11) is 3.06. The topological polar surface area (TPSA) is 80.9 Å². The van der Waals surface area contributed by atoms with E-state index in [9.17, 15) is 9.90 Å². The summed E-state index contributed by atoms with van der Waals surface area (Å²) in [5.74, 6) is 0.925. The van der Waals surface area contributed by atoms with E-state index < -0.39 is 6.10 Å². The summed E-state index contributed by atoms with van der Waals surface area (Å²) in [6.45, 7) is 0.0645. The molecule has 112 valence electrons. The highest BCUT2D eigenvalue weighted by Crippen LogP contribution is 2.29. The Kier molecular flexibility index (Phi) is 4.84. The van der Waals surface area contributed by atoms with Gasteiger partial charge in [-0.1, -0.05) is 6.07 Å². The van der Waals surface area contributed by atoms with Crippen LogP contribution < -0.4 is 14.8 Å². The molecule has 0 bridgehead atoms. The molecule has 0 saturated heterocycles. The third kappa shape index (κ3) is 3.55. The molecule has 2 N–H and O–H groups in total. The van der Waals surface area contributed by atoms with Gasteiger partial charge in [-0.2, -0.15) is 0 Å². The van der Waals surface area contributed by atoms with Crippen molar-refractivity contribution in [1.82, 2.24) is 5.32 Å². The van der Waals surface area contributed by atoms with Crippen molar-refractivity contribution in [2.45, 2.75) is 6.10 Å². The zero-order chi connectivity index (χ0) is 15.2. The maximum absolute atomic E-state index is 11.7. The van der Waals surface area contributed by atoms with Gasteiger partial charge < -0.3 is 24.3 Å². The number of rotatable bonds is 6. The van der Waals surface area contributed by atoms with Crippen molar-refractivity contribution < 1.29 is 23.8 Å². The number of ether oxygens (including phenoxy) is 2. The summed E-state index contributed by atoms with van der Waals surface area (Å²) >= 11 is 0. The van der Waals surface area contributed by atoms with Crippen LogP contribution in [0, 0.1) is 0 Å². The summed E-state index contributed by atoms with van der Waals surface area (Å²) in [6, 6.07) is 8.26. The van der Waals surface area contributed by atoms with Crippen LogP contribution in [0.4, 0.5) is 0 Å². The molecule has 1 aromatic heterocycles. The first kappa shape index (κ1) is 14.9. The van der Waals surface area contributed by atoms with Gasteiger partial charge in [0.15, 0.2) is 17.3 Å². The Balaban J connectivity index is 2.00. The third-order valence-corrected chi connectivity index (χ3v) is 2.99. The molecule has 1 amide bonds. The molecule has 6 nitrogen and oxygen atoms in total. The van der Waals surface area contributed by atoms with Crippen molar-refractivity contribution in [1.29, 1.82) is 0 Å². The third-order valence-electron chi connectivity index (χ3n) is 2.99. The lowest BCUT2D eigenvalue weighted by Crippen LogP contribution is -2.28. The van der Waals surface area contributed by atoms with E-state index in [1.807, 2.05) is 0 Å². The molecule has 1 heterocycles. The molecule has 6 heteroatoms. The van der Waals surface area contributed by atoms with Crippen molar-refractivity contribution in [3.8, 4) is 11.5 Å². The zero-order valence-corrected chi connectivity index (χ0v) is 11.8. The highest BCUT2D eigenvalue weighted by Gasteiger charge is 2.14. The fourth-order valence-corrected chi connectivity index (χ4v) is 1.86. The second-order valence-electron chi connectivity index (χ2n) is 4.32. The number of nitrogens with one attached hydrogen (secondary N) is 1. The predicted octanol–water partition coefficient (Wildman–Crippen LogP) is 1.76. The zero-order valence-electron chi connectivity index (χ0n) is 11.8. The van der Waals surface area contributed by atoms with Gasteiger partial charge >= 0.3 is 0 Å². The lowest BCUT2D eigenvalue weighted by atomic mass is 10.1. The summed E-state index contributed by atoms with van der Waals surface area (Å²) in [5.41, 5.74) is 0.618. The first-order valence-electron chi connectivity index (χ1n) is 6.37. The van der Waals surface area contributed by atoms with Crippen LogP contribution in [0.2, 0.25) is 0 Å². The number of methoxy groups -OCH3 is 2. The fourth-order valence-electron chi connectivity index (χ4n) is 1.86. The van der Waals surface area contributed by atoms with Crippen LogP contribution in [-0.4, -0.2) is 31.8 Å². The van der Waals surface area contributed by atoms with Gasteiger partial charge in [0.2, 0.25) is 0 Å². The molecule has 0 fully saturated rings. The largest absolute Gasteiger partial charge is 0.493 e. The van der Waals surface area contributed by atoms with Gasteiger partial charge in [-0.25, -0.2) is 0 Å². The quantitative estimate of drug-likeness (QED) is 0.847. The van der Waals surface area contributed by atoms with Crippen molar-refractivity contribution in [3.05, 3.63) is 47.9 Å². The van der Waals surface area contributed by atoms with Crippen LogP contribution in [0.25, 0.3) is 0 Å². The molecule has 0 radical (unpaired) electrons. The Morgan fingerprint density at radius 2 is 2.05 bits per heavy atom. The van der Waals surface area contributed by atoms with Gasteiger partial charge in [0.25, 0.3) is 5.91 Å². The number of carbonyl (C=O) groups excluding carboxylic acids is 1. The Hall–Kier alpha value is -2.47. The maximum Gasteiger partial charge on any atom is 0.287 e. The van der Waals surface area contributed by atoms with E-state index in [4.69, 9.17) is 13.9 Å². The van der Waals surface area contributed by atoms with E-state index in [1.165, 1.54) is 20.5 Å². The minimum atomic E-state index is -0.858. The molecule has 2 rings (SSSR count). The average molecular weight is 291 g/mol. The second kappa shape index (κ2) is 6.81. The van der Waals surface area contributed by atoms with Crippen LogP contribution in [0.15, 0.2) is 41.0 Å². The van der Waals surface area contributed by atoms with Crippen molar-refractivity contribution in [3.63, 3.8) is 0 Å². The summed E-state index contributed by atoms with van der Waals surface area (Å²) in [4.78, 5) is 11.7. The van der Waals surface area contributed by atoms with Gasteiger partial charge in [0.1, 0.15) is 0 Å². The van der Waals surface area contributed by atoms with E-state index in [0.717, 1.165) is 0 Å². The van der Waals surface area contributed by atoms with Crippen molar-refractivity contribution >= 4 is 5.91 Å². The Morgan fingerprint density at radius 1 is 1.29 bits per heavy atom. The lowest BCUT2D eigenvalue weighted by molar-refractivity contribution is 0.0889. The molecule has 0 saturated carbocycles. The molecule has 21 heavy (non-hydrogen) atoms. The van der Waals surface area contributed by atoms with Crippen LogP contribution in [0.3, 0.4) is 0 Å². The standard InChI is InChI=1S/C15H17NO5/c1-19-12-6-5-10(8-14(12)20-2)11(17)9-16-15(18)13-4-3-7-21-13/h3-8,11,17H,9H2,1-2H3,(H,16,18). The first-order valence-corrected chi connectivity index (χ1v) is 6.37. The number of hydrogen-bond acceptors (Lipinski definition) is 5. The van der Waals surface area contributed by atoms with Gasteiger partial charge in [0.05, 0.1) is 26.6 Å². The minimum absolute atomic E-state index is 0.0645. The van der Waals surface area contributed by atoms with Crippen molar-refractivity contribution in [2.75, 3.05) is 20.8 Å². The van der Waals surface area contributed by atoms with Gasteiger partial charge in [-0.05, 0) is 29.8 Å². The molecule has 0 aliphatic heterocycles. The normalized spacial score (nSPS) is 11.8. The van der Waals surface area contributed by atoms with E-state index in [-0.39, 0.29) is 18.2 Å². The summed E-state index contributed by atoms with van der Waals surface area (Å²) in [5, 5.41) is 12.7. The van der Waals surface area contributed by atoms with Crippen LogP contribution in [0.5, 0.6) is 11.5 Å². The van der Waals surface area contributed by atoms with Gasteiger partial charge in [-0.15, -0.1) is 0 Å². The molecule has 2 aromatic rings. The smallest absolute Gasteiger partial charge is 0.287 e. The van der Waals surface area contributed by atoms with Crippen LogP contribution in [-0.2, 0) is 0 Å². The number of hydrogen-bond donors (Lipinski definition) is 2. The van der Waals surface area contributed by atoms with E-state index in [2.05, 4.69) is 5.32 Å².